The molecule has 1 aromatic carbocycles. The van der Waals surface area contributed by atoms with Gasteiger partial charge in [-0.2, -0.15) is 0 Å². The Hall–Kier alpha value is -1.28. The minimum atomic E-state index is -3.95. The van der Waals surface area contributed by atoms with Crippen molar-refractivity contribution in [2.24, 2.45) is 0 Å². The lowest BCUT2D eigenvalue weighted by atomic mass is 10.2. The van der Waals surface area contributed by atoms with Gasteiger partial charge >= 0.3 is 0 Å². The molecule has 2 rings (SSSR count). The minimum absolute atomic E-state index is 0.116. The molecule has 0 saturated heterocycles. The summed E-state index contributed by atoms with van der Waals surface area (Å²) in [5.41, 5.74) is 1.45. The van der Waals surface area contributed by atoms with Gasteiger partial charge in [-0.05, 0) is 43.2 Å². The maximum absolute atomic E-state index is 13.7. The zero-order valence-corrected chi connectivity index (χ0v) is 13.3. The number of hydrogen-bond acceptors (Lipinski definition) is 4. The molecule has 0 spiro atoms. The molecule has 0 fully saturated rings. The Morgan fingerprint density at radius 1 is 1.29 bits per heavy atom. The second-order valence-corrected chi connectivity index (χ2v) is 7.78. The van der Waals surface area contributed by atoms with E-state index in [0.717, 1.165) is 27.5 Å². The van der Waals surface area contributed by atoms with Gasteiger partial charge in [-0.3, -0.25) is 0 Å². The first kappa shape index (κ1) is 16.1. The van der Waals surface area contributed by atoms with E-state index in [1.807, 2.05) is 19.9 Å². The molecule has 0 saturated carbocycles. The van der Waals surface area contributed by atoms with Gasteiger partial charge in [0.05, 0.1) is 6.61 Å². The van der Waals surface area contributed by atoms with E-state index < -0.39 is 20.7 Å². The predicted octanol–water partition coefficient (Wildman–Crippen LogP) is 2.47. The highest BCUT2D eigenvalue weighted by atomic mass is 32.2. The van der Waals surface area contributed by atoms with Crippen LogP contribution in [0.3, 0.4) is 0 Å². The average molecular weight is 329 g/mol. The van der Waals surface area contributed by atoms with Crippen molar-refractivity contribution < 1.29 is 17.9 Å². The summed E-state index contributed by atoms with van der Waals surface area (Å²) < 4.78 is 40.4. The molecule has 4 nitrogen and oxygen atoms in total. The number of aliphatic hydroxyl groups excluding tert-OH is 1. The standard InChI is InChI=1S/C14H16FNO3S2/c1-9-5-12(20-10(9)2)7-16-21(18,19)14-6-11(8-17)3-4-13(14)15/h3-6,16-17H,7-8H2,1-2H3. The van der Waals surface area contributed by atoms with E-state index in [2.05, 4.69) is 4.72 Å². The van der Waals surface area contributed by atoms with Crippen LogP contribution >= 0.6 is 11.3 Å². The highest BCUT2D eigenvalue weighted by Gasteiger charge is 2.19. The molecule has 0 atom stereocenters. The van der Waals surface area contributed by atoms with Crippen LogP contribution in [0.5, 0.6) is 0 Å². The number of aliphatic hydroxyl groups is 1. The van der Waals surface area contributed by atoms with E-state index in [-0.39, 0.29) is 13.2 Å². The lowest BCUT2D eigenvalue weighted by molar-refractivity contribution is 0.281. The van der Waals surface area contributed by atoms with Crippen LogP contribution in [0, 0.1) is 19.7 Å². The fourth-order valence-electron chi connectivity index (χ4n) is 1.83. The first-order valence-corrected chi connectivity index (χ1v) is 8.58. The van der Waals surface area contributed by atoms with Crippen LogP contribution in [0.2, 0.25) is 0 Å². The van der Waals surface area contributed by atoms with Crippen molar-refractivity contribution >= 4 is 21.4 Å². The molecule has 2 N–H and O–H groups in total. The zero-order chi connectivity index (χ0) is 15.6. The summed E-state index contributed by atoms with van der Waals surface area (Å²) in [7, 11) is -3.95. The fourth-order valence-corrected chi connectivity index (χ4v) is 4.05. The summed E-state index contributed by atoms with van der Waals surface area (Å²) >= 11 is 1.50. The van der Waals surface area contributed by atoms with Crippen molar-refractivity contribution in [1.82, 2.24) is 4.72 Å². The summed E-state index contributed by atoms with van der Waals surface area (Å²) in [6.45, 7) is 3.69. The van der Waals surface area contributed by atoms with E-state index in [4.69, 9.17) is 5.11 Å². The molecular formula is C14H16FNO3S2. The van der Waals surface area contributed by atoms with E-state index in [1.165, 1.54) is 17.4 Å². The van der Waals surface area contributed by atoms with Gasteiger partial charge in [0.15, 0.2) is 0 Å². The monoisotopic (exact) mass is 329 g/mol. The van der Waals surface area contributed by atoms with Gasteiger partial charge in [0.1, 0.15) is 10.7 Å². The summed E-state index contributed by atoms with van der Waals surface area (Å²) in [6.07, 6.45) is 0. The van der Waals surface area contributed by atoms with Crippen molar-refractivity contribution in [1.29, 1.82) is 0 Å². The molecule has 1 aromatic heterocycles. The second-order valence-electron chi connectivity index (χ2n) is 4.70. The van der Waals surface area contributed by atoms with Gasteiger partial charge in [0.25, 0.3) is 0 Å². The molecule has 114 valence electrons. The number of thiophene rings is 1. The van der Waals surface area contributed by atoms with Crippen LogP contribution in [-0.2, 0) is 23.2 Å². The quantitative estimate of drug-likeness (QED) is 0.885. The summed E-state index contributed by atoms with van der Waals surface area (Å²) in [5.74, 6) is -0.835. The number of benzene rings is 1. The van der Waals surface area contributed by atoms with Crippen molar-refractivity contribution in [3.05, 3.63) is 51.0 Å². The molecule has 1 heterocycles. The van der Waals surface area contributed by atoms with Crippen LogP contribution in [0.4, 0.5) is 4.39 Å². The Morgan fingerprint density at radius 2 is 2.00 bits per heavy atom. The van der Waals surface area contributed by atoms with Crippen molar-refractivity contribution in [3.63, 3.8) is 0 Å². The van der Waals surface area contributed by atoms with Crippen LogP contribution in [0.1, 0.15) is 20.9 Å². The first-order chi connectivity index (χ1) is 9.83. The Labute approximate surface area is 127 Å². The molecule has 21 heavy (non-hydrogen) atoms. The van der Waals surface area contributed by atoms with Gasteiger partial charge in [-0.15, -0.1) is 11.3 Å². The molecule has 7 heteroatoms. The smallest absolute Gasteiger partial charge is 0.243 e. The Morgan fingerprint density at radius 3 is 2.57 bits per heavy atom. The number of nitrogens with one attached hydrogen (secondary N) is 1. The van der Waals surface area contributed by atoms with Gasteiger partial charge in [0, 0.05) is 16.3 Å². The molecule has 0 bridgehead atoms. The largest absolute Gasteiger partial charge is 0.392 e. The summed E-state index contributed by atoms with van der Waals surface area (Å²) in [5, 5.41) is 9.02. The van der Waals surface area contributed by atoms with E-state index >= 15 is 0 Å². The molecule has 0 aliphatic rings. The van der Waals surface area contributed by atoms with Crippen LogP contribution in [0.15, 0.2) is 29.2 Å². The van der Waals surface area contributed by atoms with Crippen LogP contribution in [-0.4, -0.2) is 13.5 Å². The number of sulfonamides is 1. The zero-order valence-electron chi connectivity index (χ0n) is 11.7. The number of hydrogen-bond donors (Lipinski definition) is 2. The maximum atomic E-state index is 13.7. The summed E-state index contributed by atoms with van der Waals surface area (Å²) in [6, 6.07) is 5.44. The second kappa shape index (κ2) is 6.23. The molecule has 0 aliphatic carbocycles. The third kappa shape index (κ3) is 3.68. The molecule has 0 radical (unpaired) electrons. The number of halogens is 1. The highest BCUT2D eigenvalue weighted by molar-refractivity contribution is 7.89. The van der Waals surface area contributed by atoms with Crippen LogP contribution in [0.25, 0.3) is 0 Å². The third-order valence-corrected chi connectivity index (χ3v) is 5.69. The van der Waals surface area contributed by atoms with Gasteiger partial charge in [-0.25, -0.2) is 17.5 Å². The fraction of sp³-hybridized carbons (Fsp3) is 0.286. The third-order valence-electron chi connectivity index (χ3n) is 3.12. The number of rotatable bonds is 5. The molecule has 2 aromatic rings. The molecule has 0 amide bonds. The Kier molecular flexibility index (Phi) is 4.77. The Balaban J connectivity index is 2.22. The van der Waals surface area contributed by atoms with Crippen LogP contribution < -0.4 is 4.72 Å². The van der Waals surface area contributed by atoms with E-state index in [9.17, 15) is 12.8 Å². The van der Waals surface area contributed by atoms with Gasteiger partial charge < -0.3 is 5.11 Å². The molecular weight excluding hydrogens is 313 g/mol. The van der Waals surface area contributed by atoms with Crippen molar-refractivity contribution in [3.8, 4) is 0 Å². The van der Waals surface area contributed by atoms with E-state index in [1.54, 1.807) is 0 Å². The van der Waals surface area contributed by atoms with Crippen molar-refractivity contribution in [2.75, 3.05) is 0 Å². The Bertz CT molecular complexity index is 734. The van der Waals surface area contributed by atoms with Gasteiger partial charge in [0.2, 0.25) is 10.0 Å². The average Bonchev–Trinajstić information content (AvgIpc) is 2.76. The number of aryl methyl sites for hydroxylation is 2. The SMILES string of the molecule is Cc1cc(CNS(=O)(=O)c2cc(CO)ccc2F)sc1C. The lowest BCUT2D eigenvalue weighted by Gasteiger charge is -2.08. The van der Waals surface area contributed by atoms with Gasteiger partial charge in [-0.1, -0.05) is 6.07 Å². The normalized spacial score (nSPS) is 11.8. The minimum Gasteiger partial charge on any atom is -0.392 e. The first-order valence-electron chi connectivity index (χ1n) is 6.28. The van der Waals surface area contributed by atoms with E-state index in [0.29, 0.717) is 5.56 Å². The highest BCUT2D eigenvalue weighted by Crippen LogP contribution is 2.22. The molecule has 0 aliphatic heterocycles. The summed E-state index contributed by atoms with van der Waals surface area (Å²) in [4.78, 5) is 1.55. The molecule has 0 unspecified atom stereocenters. The van der Waals surface area contributed by atoms with Crippen molar-refractivity contribution in [2.45, 2.75) is 31.9 Å². The topological polar surface area (TPSA) is 66.4 Å². The maximum Gasteiger partial charge on any atom is 0.243 e. The predicted molar refractivity (Wildman–Crippen MR) is 80.1 cm³/mol. The lowest BCUT2D eigenvalue weighted by Crippen LogP contribution is -2.24.